The lowest BCUT2D eigenvalue weighted by molar-refractivity contribution is -0.134. The van der Waals surface area contributed by atoms with Gasteiger partial charge in [0.2, 0.25) is 5.91 Å². The highest BCUT2D eigenvalue weighted by atomic mass is 16.5. The molecule has 2 aliphatic heterocycles. The largest absolute Gasteiger partial charge is 0.490 e. The van der Waals surface area contributed by atoms with Crippen molar-refractivity contribution in [2.24, 2.45) is 5.92 Å². The van der Waals surface area contributed by atoms with E-state index in [1.807, 2.05) is 29.2 Å². The fourth-order valence-electron chi connectivity index (χ4n) is 4.28. The van der Waals surface area contributed by atoms with Crippen LogP contribution in [0.1, 0.15) is 62.7 Å². The summed E-state index contributed by atoms with van der Waals surface area (Å²) in [5, 5.41) is 3.12. The second kappa shape index (κ2) is 8.34. The predicted octanol–water partition coefficient (Wildman–Crippen LogP) is 3.15. The molecule has 3 fully saturated rings. The molecule has 0 bridgehead atoms. The first-order valence-electron chi connectivity index (χ1n) is 10.9. The fourth-order valence-corrected chi connectivity index (χ4v) is 4.28. The molecule has 0 unspecified atom stereocenters. The van der Waals surface area contributed by atoms with Crippen LogP contribution in [0.2, 0.25) is 0 Å². The van der Waals surface area contributed by atoms with E-state index in [1.54, 1.807) is 0 Å². The zero-order chi connectivity index (χ0) is 20.4. The van der Waals surface area contributed by atoms with Crippen molar-refractivity contribution in [1.82, 2.24) is 10.2 Å². The zero-order valence-electron chi connectivity index (χ0n) is 17.5. The van der Waals surface area contributed by atoms with Crippen LogP contribution in [0.15, 0.2) is 24.3 Å². The number of nitrogens with zero attached hydrogens (tertiary/aromatic N) is 1. The van der Waals surface area contributed by atoms with E-state index in [0.717, 1.165) is 57.4 Å². The van der Waals surface area contributed by atoms with Crippen molar-refractivity contribution < 1.29 is 19.1 Å². The number of nitrogens with one attached hydrogen (secondary N) is 1. The first-order valence-corrected chi connectivity index (χ1v) is 10.9. The molecule has 1 saturated carbocycles. The van der Waals surface area contributed by atoms with E-state index < -0.39 is 0 Å². The molecule has 29 heavy (non-hydrogen) atoms. The van der Waals surface area contributed by atoms with E-state index in [1.165, 1.54) is 0 Å². The SMILES string of the molecule is CC1(C)C[C@@H](NC(=O)c2ccc(OC3CCN(C(=O)C4CC4)CC3)cc2)CCO1. The summed E-state index contributed by atoms with van der Waals surface area (Å²) in [4.78, 5) is 26.7. The molecule has 0 spiro atoms. The summed E-state index contributed by atoms with van der Waals surface area (Å²) in [7, 11) is 0. The molecule has 4 rings (SSSR count). The quantitative estimate of drug-likeness (QED) is 0.824. The standard InChI is InChI=1S/C23H32N2O4/c1-23(2)15-18(11-14-28-23)24-21(26)16-5-7-19(8-6-16)29-20-9-12-25(13-10-20)22(27)17-3-4-17/h5-8,17-18,20H,3-4,9-15H2,1-2H3,(H,24,26)/t18-/m0/s1. The van der Waals surface area contributed by atoms with Gasteiger partial charge in [0.1, 0.15) is 11.9 Å². The van der Waals surface area contributed by atoms with Crippen LogP contribution in [-0.4, -0.2) is 54.2 Å². The Morgan fingerprint density at radius 3 is 2.38 bits per heavy atom. The Bertz CT molecular complexity index is 734. The van der Waals surface area contributed by atoms with Gasteiger partial charge in [0.15, 0.2) is 0 Å². The highest BCUT2D eigenvalue weighted by molar-refractivity contribution is 5.94. The molecular formula is C23H32N2O4. The first-order chi connectivity index (χ1) is 13.9. The Morgan fingerprint density at radius 2 is 1.76 bits per heavy atom. The summed E-state index contributed by atoms with van der Waals surface area (Å²) in [6.45, 7) is 6.35. The fraction of sp³-hybridized carbons (Fsp3) is 0.652. The van der Waals surface area contributed by atoms with Crippen LogP contribution in [0.3, 0.4) is 0 Å². The van der Waals surface area contributed by atoms with E-state index >= 15 is 0 Å². The van der Waals surface area contributed by atoms with E-state index in [2.05, 4.69) is 19.2 Å². The van der Waals surface area contributed by atoms with Crippen molar-refractivity contribution in [3.05, 3.63) is 29.8 Å². The Hall–Kier alpha value is -2.08. The molecule has 0 aromatic heterocycles. The Morgan fingerprint density at radius 1 is 1.07 bits per heavy atom. The predicted molar refractivity (Wildman–Crippen MR) is 110 cm³/mol. The second-order valence-electron chi connectivity index (χ2n) is 9.21. The Labute approximate surface area is 172 Å². The maximum Gasteiger partial charge on any atom is 0.251 e. The molecule has 1 aromatic rings. The number of hydrogen-bond acceptors (Lipinski definition) is 4. The van der Waals surface area contributed by atoms with Gasteiger partial charge in [-0.3, -0.25) is 9.59 Å². The van der Waals surface area contributed by atoms with Crippen LogP contribution in [0, 0.1) is 5.92 Å². The molecule has 2 heterocycles. The van der Waals surface area contributed by atoms with Crippen LogP contribution in [0.5, 0.6) is 5.75 Å². The van der Waals surface area contributed by atoms with Gasteiger partial charge in [-0.1, -0.05) is 0 Å². The van der Waals surface area contributed by atoms with Crippen LogP contribution in [0.4, 0.5) is 0 Å². The summed E-state index contributed by atoms with van der Waals surface area (Å²) in [5.74, 6) is 1.34. The minimum atomic E-state index is -0.188. The normalized spacial score (nSPS) is 24.8. The molecule has 158 valence electrons. The maximum atomic E-state index is 12.6. The molecule has 1 aliphatic carbocycles. The second-order valence-corrected chi connectivity index (χ2v) is 9.21. The van der Waals surface area contributed by atoms with E-state index in [4.69, 9.17) is 9.47 Å². The number of carbonyl (C=O) groups is 2. The summed E-state index contributed by atoms with van der Waals surface area (Å²) >= 11 is 0. The molecule has 0 radical (unpaired) electrons. The lowest BCUT2D eigenvalue weighted by Gasteiger charge is -2.35. The number of carbonyl (C=O) groups excluding carboxylic acids is 2. The average Bonchev–Trinajstić information content (AvgIpc) is 3.53. The summed E-state index contributed by atoms with van der Waals surface area (Å²) < 4.78 is 11.8. The minimum absolute atomic E-state index is 0.0499. The molecule has 1 aromatic carbocycles. The van der Waals surface area contributed by atoms with Crippen LogP contribution in [-0.2, 0) is 9.53 Å². The molecule has 1 atom stereocenters. The lowest BCUT2D eigenvalue weighted by atomic mass is 9.94. The average molecular weight is 401 g/mol. The molecule has 2 saturated heterocycles. The van der Waals surface area contributed by atoms with E-state index in [9.17, 15) is 9.59 Å². The number of amides is 2. The van der Waals surface area contributed by atoms with Gasteiger partial charge >= 0.3 is 0 Å². The van der Waals surface area contributed by atoms with Crippen molar-refractivity contribution in [3.8, 4) is 5.75 Å². The third kappa shape index (κ3) is 5.30. The van der Waals surface area contributed by atoms with Crippen LogP contribution in [0.25, 0.3) is 0 Å². The third-order valence-electron chi connectivity index (χ3n) is 6.13. The highest BCUT2D eigenvalue weighted by Gasteiger charge is 2.35. The molecule has 6 nitrogen and oxygen atoms in total. The van der Waals surface area contributed by atoms with Crippen LogP contribution >= 0.6 is 0 Å². The maximum absolute atomic E-state index is 12.6. The van der Waals surface area contributed by atoms with Gasteiger partial charge in [-0.05, 0) is 63.8 Å². The van der Waals surface area contributed by atoms with Gasteiger partial charge in [0.25, 0.3) is 5.91 Å². The Kier molecular flexibility index (Phi) is 5.81. The van der Waals surface area contributed by atoms with Gasteiger partial charge in [-0.15, -0.1) is 0 Å². The van der Waals surface area contributed by atoms with Crippen molar-refractivity contribution in [1.29, 1.82) is 0 Å². The number of likely N-dealkylation sites (tertiary alicyclic amines) is 1. The van der Waals surface area contributed by atoms with Gasteiger partial charge < -0.3 is 19.7 Å². The van der Waals surface area contributed by atoms with Gasteiger partial charge in [-0.25, -0.2) is 0 Å². The smallest absolute Gasteiger partial charge is 0.251 e. The minimum Gasteiger partial charge on any atom is -0.490 e. The zero-order valence-corrected chi connectivity index (χ0v) is 17.5. The molecule has 3 aliphatic rings. The molecular weight excluding hydrogens is 368 g/mol. The molecule has 6 heteroatoms. The lowest BCUT2D eigenvalue weighted by Crippen LogP contribution is -2.45. The summed E-state index contributed by atoms with van der Waals surface area (Å²) in [6.07, 6.45) is 5.63. The molecule has 1 N–H and O–H groups in total. The highest BCUT2D eigenvalue weighted by Crippen LogP contribution is 2.32. The third-order valence-corrected chi connectivity index (χ3v) is 6.13. The number of benzene rings is 1. The Balaban J connectivity index is 1.25. The number of piperidine rings is 1. The number of rotatable bonds is 5. The monoisotopic (exact) mass is 400 g/mol. The first kappa shape index (κ1) is 20.2. The molecule has 2 amide bonds. The van der Waals surface area contributed by atoms with E-state index in [0.29, 0.717) is 24.0 Å². The van der Waals surface area contributed by atoms with Crippen molar-refractivity contribution in [3.63, 3.8) is 0 Å². The summed E-state index contributed by atoms with van der Waals surface area (Å²) in [6, 6.07) is 7.52. The summed E-state index contributed by atoms with van der Waals surface area (Å²) in [5.41, 5.74) is 0.457. The number of ether oxygens (including phenoxy) is 2. The van der Waals surface area contributed by atoms with Gasteiger partial charge in [-0.2, -0.15) is 0 Å². The van der Waals surface area contributed by atoms with Crippen molar-refractivity contribution >= 4 is 11.8 Å². The van der Waals surface area contributed by atoms with Crippen molar-refractivity contribution in [2.75, 3.05) is 19.7 Å². The van der Waals surface area contributed by atoms with Gasteiger partial charge in [0, 0.05) is 50.1 Å². The van der Waals surface area contributed by atoms with Gasteiger partial charge in [0.05, 0.1) is 5.60 Å². The number of hydrogen-bond donors (Lipinski definition) is 1. The topological polar surface area (TPSA) is 67.9 Å². The van der Waals surface area contributed by atoms with Crippen molar-refractivity contribution in [2.45, 2.75) is 70.1 Å². The van der Waals surface area contributed by atoms with Crippen LogP contribution < -0.4 is 10.1 Å². The van der Waals surface area contributed by atoms with E-state index in [-0.39, 0.29) is 23.7 Å².